The lowest BCUT2D eigenvalue weighted by atomic mass is 10.2. The molecule has 0 aliphatic rings. The Bertz CT molecular complexity index is 232. The van der Waals surface area contributed by atoms with Crippen molar-refractivity contribution in [1.82, 2.24) is 4.57 Å². The van der Waals surface area contributed by atoms with Crippen LogP contribution in [0.25, 0.3) is 0 Å². The summed E-state index contributed by atoms with van der Waals surface area (Å²) in [5.74, 6) is 1.12. The molecule has 0 bridgehead atoms. The summed E-state index contributed by atoms with van der Waals surface area (Å²) < 4.78 is 2.11. The van der Waals surface area contributed by atoms with Crippen LogP contribution >= 0.6 is 11.8 Å². The summed E-state index contributed by atoms with van der Waals surface area (Å²) >= 11 is 1.83. The van der Waals surface area contributed by atoms with Crippen LogP contribution in [0.4, 0.5) is 0 Å². The first-order chi connectivity index (χ1) is 5.74. The van der Waals surface area contributed by atoms with Crippen LogP contribution in [0.3, 0.4) is 0 Å². The first-order valence-corrected chi connectivity index (χ1v) is 5.46. The molecule has 0 aliphatic heterocycles. The summed E-state index contributed by atoms with van der Waals surface area (Å²) in [7, 11) is 0. The Kier molecular flexibility index (Phi) is 3.69. The Hall–Kier alpha value is -0.410. The monoisotopic (exact) mass is 185 g/mol. The standard InChI is InChI=1S/C9H15NOS/c1-8(11)9-3-4-10(7-9)5-6-12-2/h3-4,7-8,11H,5-6H2,1-2H3. The SMILES string of the molecule is CSCCn1ccc(C(C)O)c1. The van der Waals surface area contributed by atoms with E-state index in [1.807, 2.05) is 30.2 Å². The number of nitrogens with zero attached hydrogens (tertiary/aromatic N) is 1. The van der Waals surface area contributed by atoms with Crippen molar-refractivity contribution in [2.75, 3.05) is 12.0 Å². The van der Waals surface area contributed by atoms with Crippen LogP contribution in [-0.4, -0.2) is 21.7 Å². The molecule has 0 amide bonds. The van der Waals surface area contributed by atoms with Gasteiger partial charge in [-0.3, -0.25) is 0 Å². The van der Waals surface area contributed by atoms with Crippen molar-refractivity contribution < 1.29 is 5.11 Å². The Morgan fingerprint density at radius 1 is 1.67 bits per heavy atom. The van der Waals surface area contributed by atoms with Crippen LogP contribution in [0, 0.1) is 0 Å². The average molecular weight is 185 g/mol. The van der Waals surface area contributed by atoms with E-state index in [0.29, 0.717) is 0 Å². The summed E-state index contributed by atoms with van der Waals surface area (Å²) in [5.41, 5.74) is 0.996. The van der Waals surface area contributed by atoms with Gasteiger partial charge >= 0.3 is 0 Å². The van der Waals surface area contributed by atoms with Gasteiger partial charge in [0.1, 0.15) is 0 Å². The summed E-state index contributed by atoms with van der Waals surface area (Å²) in [6.07, 6.45) is 5.76. The summed E-state index contributed by atoms with van der Waals surface area (Å²) in [5, 5.41) is 9.24. The molecule has 1 N–H and O–H groups in total. The van der Waals surface area contributed by atoms with Gasteiger partial charge in [-0.1, -0.05) is 0 Å². The molecule has 68 valence electrons. The van der Waals surface area contributed by atoms with Gasteiger partial charge in [0.2, 0.25) is 0 Å². The number of aliphatic hydroxyl groups is 1. The number of rotatable bonds is 4. The largest absolute Gasteiger partial charge is 0.389 e. The van der Waals surface area contributed by atoms with Crippen molar-refractivity contribution in [2.45, 2.75) is 19.6 Å². The second-order valence-electron chi connectivity index (χ2n) is 2.85. The predicted octanol–water partition coefficient (Wildman–Crippen LogP) is 1.90. The van der Waals surface area contributed by atoms with Crippen LogP contribution in [0.5, 0.6) is 0 Å². The Balaban J connectivity index is 2.52. The van der Waals surface area contributed by atoms with Gasteiger partial charge in [0.05, 0.1) is 6.10 Å². The number of thioether (sulfide) groups is 1. The maximum Gasteiger partial charge on any atom is 0.0776 e. The smallest absolute Gasteiger partial charge is 0.0776 e. The van der Waals surface area contributed by atoms with Crippen molar-refractivity contribution in [3.05, 3.63) is 24.0 Å². The average Bonchev–Trinajstić information content (AvgIpc) is 2.48. The number of aryl methyl sites for hydroxylation is 1. The van der Waals surface area contributed by atoms with Crippen LogP contribution in [0.1, 0.15) is 18.6 Å². The second-order valence-corrected chi connectivity index (χ2v) is 3.84. The lowest BCUT2D eigenvalue weighted by molar-refractivity contribution is 0.199. The third kappa shape index (κ3) is 2.57. The molecule has 0 saturated heterocycles. The molecule has 1 aromatic rings. The molecule has 0 radical (unpaired) electrons. The second kappa shape index (κ2) is 4.58. The Morgan fingerprint density at radius 2 is 2.42 bits per heavy atom. The zero-order valence-electron chi connectivity index (χ0n) is 7.53. The van der Waals surface area contributed by atoms with Crippen LogP contribution < -0.4 is 0 Å². The lowest BCUT2D eigenvalue weighted by Crippen LogP contribution is -1.96. The molecule has 1 atom stereocenters. The first-order valence-electron chi connectivity index (χ1n) is 4.06. The summed E-state index contributed by atoms with van der Waals surface area (Å²) in [4.78, 5) is 0. The molecule has 1 heterocycles. The van der Waals surface area contributed by atoms with Gasteiger partial charge in [-0.25, -0.2) is 0 Å². The molecule has 0 fully saturated rings. The highest BCUT2D eigenvalue weighted by molar-refractivity contribution is 7.98. The number of hydrogen-bond acceptors (Lipinski definition) is 2. The number of aromatic nitrogens is 1. The Morgan fingerprint density at radius 3 is 2.92 bits per heavy atom. The minimum absolute atomic E-state index is 0.347. The molecular weight excluding hydrogens is 170 g/mol. The fourth-order valence-electron chi connectivity index (χ4n) is 1.04. The minimum atomic E-state index is -0.347. The quantitative estimate of drug-likeness (QED) is 0.775. The fraction of sp³-hybridized carbons (Fsp3) is 0.556. The maximum absolute atomic E-state index is 9.24. The highest BCUT2D eigenvalue weighted by Gasteiger charge is 2.01. The molecule has 3 heteroatoms. The molecule has 1 rings (SSSR count). The molecular formula is C9H15NOS. The normalized spacial score (nSPS) is 13.2. The van der Waals surface area contributed by atoms with E-state index in [4.69, 9.17) is 0 Å². The van der Waals surface area contributed by atoms with Crippen molar-refractivity contribution >= 4 is 11.8 Å². The summed E-state index contributed by atoms with van der Waals surface area (Å²) in [6.45, 7) is 2.81. The van der Waals surface area contributed by atoms with E-state index in [1.165, 1.54) is 0 Å². The highest BCUT2D eigenvalue weighted by atomic mass is 32.2. The zero-order chi connectivity index (χ0) is 8.97. The van der Waals surface area contributed by atoms with E-state index in [2.05, 4.69) is 10.8 Å². The molecule has 12 heavy (non-hydrogen) atoms. The molecule has 0 aromatic carbocycles. The van der Waals surface area contributed by atoms with Crippen LogP contribution in [0.15, 0.2) is 18.5 Å². The van der Waals surface area contributed by atoms with Gasteiger partial charge < -0.3 is 9.67 Å². The molecule has 1 aromatic heterocycles. The van der Waals surface area contributed by atoms with Gasteiger partial charge in [-0.15, -0.1) is 0 Å². The van der Waals surface area contributed by atoms with Crippen molar-refractivity contribution in [3.8, 4) is 0 Å². The van der Waals surface area contributed by atoms with E-state index >= 15 is 0 Å². The van der Waals surface area contributed by atoms with E-state index in [9.17, 15) is 5.11 Å². The molecule has 0 spiro atoms. The van der Waals surface area contributed by atoms with Gasteiger partial charge in [0.15, 0.2) is 0 Å². The van der Waals surface area contributed by atoms with Crippen molar-refractivity contribution in [2.24, 2.45) is 0 Å². The van der Waals surface area contributed by atoms with E-state index in [0.717, 1.165) is 17.9 Å². The third-order valence-corrected chi connectivity index (χ3v) is 2.40. The van der Waals surface area contributed by atoms with Crippen molar-refractivity contribution in [1.29, 1.82) is 0 Å². The lowest BCUT2D eigenvalue weighted by Gasteiger charge is -2.00. The third-order valence-electron chi connectivity index (χ3n) is 1.81. The molecule has 1 unspecified atom stereocenters. The van der Waals surface area contributed by atoms with Gasteiger partial charge in [0.25, 0.3) is 0 Å². The number of aliphatic hydroxyl groups excluding tert-OH is 1. The van der Waals surface area contributed by atoms with E-state index in [1.54, 1.807) is 6.92 Å². The Labute approximate surface area is 77.6 Å². The first kappa shape index (κ1) is 9.68. The van der Waals surface area contributed by atoms with E-state index < -0.39 is 0 Å². The molecule has 0 aliphatic carbocycles. The summed E-state index contributed by atoms with van der Waals surface area (Å²) in [6, 6.07) is 1.96. The number of hydrogen-bond donors (Lipinski definition) is 1. The van der Waals surface area contributed by atoms with Gasteiger partial charge in [0, 0.05) is 24.7 Å². The fourth-order valence-corrected chi connectivity index (χ4v) is 1.44. The molecule has 2 nitrogen and oxygen atoms in total. The van der Waals surface area contributed by atoms with Crippen LogP contribution in [-0.2, 0) is 6.54 Å². The van der Waals surface area contributed by atoms with Gasteiger partial charge in [-0.05, 0) is 24.8 Å². The predicted molar refractivity (Wildman–Crippen MR) is 53.4 cm³/mol. The topological polar surface area (TPSA) is 25.2 Å². The minimum Gasteiger partial charge on any atom is -0.389 e. The van der Waals surface area contributed by atoms with E-state index in [-0.39, 0.29) is 6.10 Å². The molecule has 0 saturated carbocycles. The maximum atomic E-state index is 9.24. The highest BCUT2D eigenvalue weighted by Crippen LogP contribution is 2.11. The zero-order valence-corrected chi connectivity index (χ0v) is 8.34. The van der Waals surface area contributed by atoms with Crippen molar-refractivity contribution in [3.63, 3.8) is 0 Å². The van der Waals surface area contributed by atoms with Crippen LogP contribution in [0.2, 0.25) is 0 Å². The van der Waals surface area contributed by atoms with Gasteiger partial charge in [-0.2, -0.15) is 11.8 Å².